The van der Waals surface area contributed by atoms with Gasteiger partial charge in [0.2, 0.25) is 10.0 Å². The van der Waals surface area contributed by atoms with Crippen molar-refractivity contribution in [3.05, 3.63) is 45.9 Å². The second kappa shape index (κ2) is 6.65. The maximum Gasteiger partial charge on any atom is 0.241 e. The molecule has 0 spiro atoms. The van der Waals surface area contributed by atoms with Crippen molar-refractivity contribution >= 4 is 21.4 Å². The van der Waals surface area contributed by atoms with Crippen LogP contribution in [0.15, 0.2) is 35.4 Å². The smallest absolute Gasteiger partial charge is 0.241 e. The first-order chi connectivity index (χ1) is 9.94. The van der Waals surface area contributed by atoms with Gasteiger partial charge in [-0.05, 0) is 32.5 Å². The van der Waals surface area contributed by atoms with Gasteiger partial charge >= 0.3 is 0 Å². The van der Waals surface area contributed by atoms with E-state index in [1.165, 1.54) is 11.3 Å². The molecular formula is C14H19N3O2S2. The van der Waals surface area contributed by atoms with E-state index in [4.69, 9.17) is 0 Å². The summed E-state index contributed by atoms with van der Waals surface area (Å²) in [6.07, 6.45) is 1.75. The molecule has 1 aromatic heterocycles. The first-order valence-corrected chi connectivity index (χ1v) is 8.91. The highest BCUT2D eigenvalue weighted by atomic mass is 32.2. The predicted molar refractivity (Wildman–Crippen MR) is 84.8 cm³/mol. The summed E-state index contributed by atoms with van der Waals surface area (Å²) in [7, 11) is -1.79. The molecular weight excluding hydrogens is 306 g/mol. The molecule has 0 saturated heterocycles. The Morgan fingerprint density at radius 2 is 2.05 bits per heavy atom. The first-order valence-electron chi connectivity index (χ1n) is 6.61. The van der Waals surface area contributed by atoms with E-state index < -0.39 is 10.0 Å². The van der Waals surface area contributed by atoms with Crippen molar-refractivity contribution in [2.24, 2.45) is 0 Å². The van der Waals surface area contributed by atoms with Crippen LogP contribution < -0.4 is 10.0 Å². The monoisotopic (exact) mass is 325 g/mol. The number of rotatable bonds is 6. The lowest BCUT2D eigenvalue weighted by molar-refractivity contribution is 0.564. The number of nitrogens with one attached hydrogen (secondary N) is 2. The second-order valence-electron chi connectivity index (χ2n) is 4.79. The molecule has 0 bridgehead atoms. The Morgan fingerprint density at radius 3 is 2.67 bits per heavy atom. The Hall–Kier alpha value is -1.28. The molecule has 0 aliphatic carbocycles. The van der Waals surface area contributed by atoms with E-state index in [9.17, 15) is 8.42 Å². The second-order valence-corrected chi connectivity index (χ2v) is 7.74. The summed E-state index contributed by atoms with van der Waals surface area (Å²) in [6, 6.07) is 6.64. The van der Waals surface area contributed by atoms with E-state index in [-0.39, 0.29) is 6.04 Å². The molecule has 0 fully saturated rings. The van der Waals surface area contributed by atoms with Crippen molar-refractivity contribution < 1.29 is 8.42 Å². The zero-order valence-corrected chi connectivity index (χ0v) is 13.9. The highest BCUT2D eigenvalue weighted by molar-refractivity contribution is 7.89. The van der Waals surface area contributed by atoms with E-state index in [0.29, 0.717) is 11.4 Å². The SMILES string of the molecule is CNCc1ccccc1S(=O)(=O)NC(C)c1ncc(C)s1. The average molecular weight is 325 g/mol. The van der Waals surface area contributed by atoms with Crippen LogP contribution in [0, 0.1) is 6.92 Å². The van der Waals surface area contributed by atoms with Gasteiger partial charge < -0.3 is 5.32 Å². The van der Waals surface area contributed by atoms with Crippen molar-refractivity contribution in [2.75, 3.05) is 7.05 Å². The van der Waals surface area contributed by atoms with Crippen LogP contribution in [-0.4, -0.2) is 20.4 Å². The van der Waals surface area contributed by atoms with E-state index in [1.54, 1.807) is 32.3 Å². The maximum atomic E-state index is 12.6. The van der Waals surface area contributed by atoms with Gasteiger partial charge in [0.25, 0.3) is 0 Å². The molecule has 21 heavy (non-hydrogen) atoms. The van der Waals surface area contributed by atoms with E-state index >= 15 is 0 Å². The molecule has 0 aliphatic rings. The Labute approximate surface area is 129 Å². The Morgan fingerprint density at radius 1 is 1.33 bits per heavy atom. The van der Waals surface area contributed by atoms with Crippen LogP contribution in [0.4, 0.5) is 0 Å². The highest BCUT2D eigenvalue weighted by Gasteiger charge is 2.22. The zero-order chi connectivity index (χ0) is 15.5. The maximum absolute atomic E-state index is 12.6. The molecule has 1 unspecified atom stereocenters. The van der Waals surface area contributed by atoms with Gasteiger partial charge in [-0.25, -0.2) is 18.1 Å². The van der Waals surface area contributed by atoms with Crippen LogP contribution in [0.25, 0.3) is 0 Å². The lowest BCUT2D eigenvalue weighted by Crippen LogP contribution is -2.28. The standard InChI is InChI=1S/C14H19N3O2S2/c1-10-8-16-14(20-10)11(2)17-21(18,19)13-7-5-4-6-12(13)9-15-3/h4-8,11,15,17H,9H2,1-3H3. The van der Waals surface area contributed by atoms with Gasteiger partial charge in [0, 0.05) is 17.6 Å². The fourth-order valence-electron chi connectivity index (χ4n) is 2.02. The Kier molecular flexibility index (Phi) is 5.10. The van der Waals surface area contributed by atoms with Crippen LogP contribution in [0.2, 0.25) is 0 Å². The van der Waals surface area contributed by atoms with Crippen LogP contribution >= 0.6 is 11.3 Å². The summed E-state index contributed by atoms with van der Waals surface area (Å²) in [6.45, 7) is 4.25. The highest BCUT2D eigenvalue weighted by Crippen LogP contribution is 2.22. The minimum absolute atomic E-state index is 0.305. The van der Waals surface area contributed by atoms with Crippen molar-refractivity contribution in [3.63, 3.8) is 0 Å². The first kappa shape index (κ1) is 16.1. The molecule has 0 radical (unpaired) electrons. The molecule has 2 N–H and O–H groups in total. The van der Waals surface area contributed by atoms with Gasteiger partial charge in [-0.2, -0.15) is 0 Å². The molecule has 1 heterocycles. The molecule has 5 nitrogen and oxygen atoms in total. The molecule has 1 aromatic carbocycles. The summed E-state index contributed by atoms with van der Waals surface area (Å²) in [5.74, 6) is 0. The number of sulfonamides is 1. The average Bonchev–Trinajstić information content (AvgIpc) is 2.86. The minimum atomic E-state index is -3.57. The normalized spacial score (nSPS) is 13.3. The fourth-order valence-corrected chi connectivity index (χ4v) is 4.32. The Bertz CT molecular complexity index is 711. The Balaban J connectivity index is 2.26. The summed E-state index contributed by atoms with van der Waals surface area (Å²) < 4.78 is 27.8. The van der Waals surface area contributed by atoms with Gasteiger partial charge in [-0.1, -0.05) is 18.2 Å². The number of aryl methyl sites for hydroxylation is 1. The number of hydrogen-bond donors (Lipinski definition) is 2. The van der Waals surface area contributed by atoms with Crippen LogP contribution in [0.3, 0.4) is 0 Å². The van der Waals surface area contributed by atoms with Crippen molar-refractivity contribution in [1.82, 2.24) is 15.0 Å². The van der Waals surface area contributed by atoms with Crippen molar-refractivity contribution in [3.8, 4) is 0 Å². The van der Waals surface area contributed by atoms with Crippen molar-refractivity contribution in [1.29, 1.82) is 0 Å². The number of benzene rings is 1. The van der Waals surface area contributed by atoms with Crippen LogP contribution in [-0.2, 0) is 16.6 Å². The van der Waals surface area contributed by atoms with Crippen LogP contribution in [0.1, 0.15) is 28.4 Å². The van der Waals surface area contributed by atoms with Gasteiger partial charge in [-0.15, -0.1) is 11.3 Å². The van der Waals surface area contributed by atoms with E-state index in [2.05, 4.69) is 15.0 Å². The predicted octanol–water partition coefficient (Wildman–Crippen LogP) is 2.21. The third-order valence-electron chi connectivity index (χ3n) is 2.97. The van der Waals surface area contributed by atoms with Crippen LogP contribution in [0.5, 0.6) is 0 Å². The van der Waals surface area contributed by atoms with E-state index in [0.717, 1.165) is 15.4 Å². The summed E-state index contributed by atoms with van der Waals surface area (Å²) >= 11 is 1.50. The van der Waals surface area contributed by atoms with Crippen molar-refractivity contribution in [2.45, 2.75) is 31.3 Å². The van der Waals surface area contributed by atoms with Gasteiger partial charge in [0.1, 0.15) is 5.01 Å². The van der Waals surface area contributed by atoms with Gasteiger partial charge in [0.05, 0.1) is 10.9 Å². The minimum Gasteiger partial charge on any atom is -0.316 e. The molecule has 2 rings (SSSR count). The van der Waals surface area contributed by atoms with Gasteiger partial charge in [-0.3, -0.25) is 0 Å². The third-order valence-corrected chi connectivity index (χ3v) is 5.71. The van der Waals surface area contributed by atoms with E-state index in [1.807, 2.05) is 19.1 Å². The quantitative estimate of drug-likeness (QED) is 0.854. The number of thiazole rings is 1. The summed E-state index contributed by atoms with van der Waals surface area (Å²) in [4.78, 5) is 5.60. The molecule has 7 heteroatoms. The molecule has 0 amide bonds. The molecule has 0 aliphatic heterocycles. The molecule has 1 atom stereocenters. The topological polar surface area (TPSA) is 71.1 Å². The third kappa shape index (κ3) is 3.88. The summed E-state index contributed by atoms with van der Waals surface area (Å²) in [5.41, 5.74) is 0.745. The van der Waals surface area contributed by atoms with Gasteiger partial charge in [0.15, 0.2) is 0 Å². The number of aromatic nitrogens is 1. The molecule has 114 valence electrons. The number of hydrogen-bond acceptors (Lipinski definition) is 5. The summed E-state index contributed by atoms with van der Waals surface area (Å²) in [5, 5.41) is 3.75. The lowest BCUT2D eigenvalue weighted by atomic mass is 10.2. The zero-order valence-electron chi connectivity index (χ0n) is 12.3. The molecule has 2 aromatic rings. The number of nitrogens with zero attached hydrogens (tertiary/aromatic N) is 1. The molecule has 0 saturated carbocycles. The largest absolute Gasteiger partial charge is 0.316 e. The lowest BCUT2D eigenvalue weighted by Gasteiger charge is -2.14. The fraction of sp³-hybridized carbons (Fsp3) is 0.357.